The lowest BCUT2D eigenvalue weighted by Crippen LogP contribution is -2.42. The Balaban J connectivity index is 2.17. The SMILES string of the molecule is COc1ccc(F)cc1N(C)C1CCN(C)CC1. The van der Waals surface area contributed by atoms with Gasteiger partial charge in [-0.2, -0.15) is 0 Å². The van der Waals surface area contributed by atoms with Crippen molar-refractivity contribution in [2.45, 2.75) is 18.9 Å². The zero-order chi connectivity index (χ0) is 13.1. The highest BCUT2D eigenvalue weighted by Crippen LogP contribution is 2.31. The Morgan fingerprint density at radius 1 is 1.33 bits per heavy atom. The van der Waals surface area contributed by atoms with Gasteiger partial charge in [0.05, 0.1) is 12.8 Å². The summed E-state index contributed by atoms with van der Waals surface area (Å²) in [5, 5.41) is 0. The van der Waals surface area contributed by atoms with E-state index < -0.39 is 0 Å². The van der Waals surface area contributed by atoms with Crippen molar-refractivity contribution in [2.24, 2.45) is 0 Å². The van der Waals surface area contributed by atoms with Crippen LogP contribution >= 0.6 is 0 Å². The molecule has 100 valence electrons. The minimum Gasteiger partial charge on any atom is -0.495 e. The first-order valence-corrected chi connectivity index (χ1v) is 6.36. The number of halogens is 1. The van der Waals surface area contributed by atoms with Crippen LogP contribution in [0.5, 0.6) is 5.75 Å². The van der Waals surface area contributed by atoms with Crippen LogP contribution < -0.4 is 9.64 Å². The van der Waals surface area contributed by atoms with Crippen molar-refractivity contribution in [1.82, 2.24) is 4.90 Å². The molecule has 18 heavy (non-hydrogen) atoms. The second kappa shape index (κ2) is 5.57. The largest absolute Gasteiger partial charge is 0.495 e. The number of piperidine rings is 1. The third kappa shape index (κ3) is 2.75. The molecule has 1 aromatic carbocycles. The van der Waals surface area contributed by atoms with E-state index in [-0.39, 0.29) is 5.82 Å². The van der Waals surface area contributed by atoms with Crippen LogP contribution in [-0.4, -0.2) is 45.2 Å². The lowest BCUT2D eigenvalue weighted by Gasteiger charge is -2.36. The zero-order valence-corrected chi connectivity index (χ0v) is 11.3. The summed E-state index contributed by atoms with van der Waals surface area (Å²) in [6.07, 6.45) is 2.21. The molecule has 1 saturated heterocycles. The summed E-state index contributed by atoms with van der Waals surface area (Å²) in [4.78, 5) is 4.47. The molecule has 1 fully saturated rings. The minimum atomic E-state index is -0.217. The Morgan fingerprint density at radius 3 is 2.61 bits per heavy atom. The quantitative estimate of drug-likeness (QED) is 0.821. The fourth-order valence-corrected chi connectivity index (χ4v) is 2.52. The van der Waals surface area contributed by atoms with Crippen molar-refractivity contribution in [1.29, 1.82) is 0 Å². The van der Waals surface area contributed by atoms with Crippen LogP contribution in [0, 0.1) is 5.82 Å². The summed E-state index contributed by atoms with van der Waals surface area (Å²) in [6, 6.07) is 5.13. The van der Waals surface area contributed by atoms with Crippen molar-refractivity contribution in [3.63, 3.8) is 0 Å². The van der Waals surface area contributed by atoms with Gasteiger partial charge < -0.3 is 14.5 Å². The van der Waals surface area contributed by atoms with E-state index in [4.69, 9.17) is 4.74 Å². The van der Waals surface area contributed by atoms with Crippen molar-refractivity contribution in [3.05, 3.63) is 24.0 Å². The van der Waals surface area contributed by atoms with E-state index in [0.29, 0.717) is 6.04 Å². The van der Waals surface area contributed by atoms with E-state index in [1.54, 1.807) is 19.2 Å². The smallest absolute Gasteiger partial charge is 0.142 e. The molecule has 0 N–H and O–H groups in total. The number of likely N-dealkylation sites (tertiary alicyclic amines) is 1. The zero-order valence-electron chi connectivity index (χ0n) is 11.3. The second-order valence-electron chi connectivity index (χ2n) is 4.96. The number of benzene rings is 1. The lowest BCUT2D eigenvalue weighted by atomic mass is 10.0. The molecule has 0 bridgehead atoms. The van der Waals surface area contributed by atoms with Gasteiger partial charge in [0.15, 0.2) is 0 Å². The van der Waals surface area contributed by atoms with Gasteiger partial charge in [0.1, 0.15) is 11.6 Å². The molecule has 0 radical (unpaired) electrons. The summed E-state index contributed by atoms with van der Waals surface area (Å²) < 4.78 is 18.7. The second-order valence-corrected chi connectivity index (χ2v) is 4.96. The van der Waals surface area contributed by atoms with E-state index in [2.05, 4.69) is 16.8 Å². The summed E-state index contributed by atoms with van der Waals surface area (Å²) in [5.74, 6) is 0.517. The van der Waals surface area contributed by atoms with Crippen molar-refractivity contribution >= 4 is 5.69 Å². The Hall–Kier alpha value is -1.29. The molecule has 0 unspecified atom stereocenters. The summed E-state index contributed by atoms with van der Waals surface area (Å²) >= 11 is 0. The molecule has 0 aromatic heterocycles. The van der Waals surface area contributed by atoms with Crippen molar-refractivity contribution in [2.75, 3.05) is 39.2 Å². The van der Waals surface area contributed by atoms with E-state index in [1.807, 2.05) is 7.05 Å². The Kier molecular flexibility index (Phi) is 4.07. The molecule has 0 aliphatic carbocycles. The molecule has 2 rings (SSSR count). The molecule has 4 heteroatoms. The monoisotopic (exact) mass is 252 g/mol. The molecular weight excluding hydrogens is 231 g/mol. The maximum Gasteiger partial charge on any atom is 0.142 e. The molecule has 1 aromatic rings. The van der Waals surface area contributed by atoms with Crippen LogP contribution in [0.3, 0.4) is 0 Å². The van der Waals surface area contributed by atoms with Gasteiger partial charge in [-0.1, -0.05) is 0 Å². The predicted octanol–water partition coefficient (Wildman–Crippen LogP) is 2.36. The average Bonchev–Trinajstić information content (AvgIpc) is 2.39. The number of rotatable bonds is 3. The number of hydrogen-bond acceptors (Lipinski definition) is 3. The van der Waals surface area contributed by atoms with Gasteiger partial charge >= 0.3 is 0 Å². The van der Waals surface area contributed by atoms with E-state index in [1.165, 1.54) is 6.07 Å². The highest BCUT2D eigenvalue weighted by molar-refractivity contribution is 5.58. The first-order valence-electron chi connectivity index (χ1n) is 6.36. The topological polar surface area (TPSA) is 15.7 Å². The van der Waals surface area contributed by atoms with Gasteiger partial charge in [0, 0.05) is 19.2 Å². The normalized spacial score (nSPS) is 17.8. The summed E-state index contributed by atoms with van der Waals surface area (Å²) in [5.41, 5.74) is 0.840. The van der Waals surface area contributed by atoms with Gasteiger partial charge in [-0.25, -0.2) is 4.39 Å². The van der Waals surface area contributed by atoms with Crippen molar-refractivity contribution < 1.29 is 9.13 Å². The average molecular weight is 252 g/mol. The summed E-state index contributed by atoms with van der Waals surface area (Å²) in [6.45, 7) is 2.18. The Morgan fingerprint density at radius 2 is 2.00 bits per heavy atom. The van der Waals surface area contributed by atoms with E-state index in [0.717, 1.165) is 37.4 Å². The summed E-state index contributed by atoms with van der Waals surface area (Å²) in [7, 11) is 5.78. The van der Waals surface area contributed by atoms with Crippen LogP contribution in [0.15, 0.2) is 18.2 Å². The molecule has 1 aliphatic rings. The minimum absolute atomic E-state index is 0.217. The van der Waals surface area contributed by atoms with E-state index >= 15 is 0 Å². The molecule has 0 spiro atoms. The maximum absolute atomic E-state index is 13.4. The highest BCUT2D eigenvalue weighted by Gasteiger charge is 2.22. The van der Waals surface area contributed by atoms with Gasteiger partial charge in [-0.3, -0.25) is 0 Å². The Labute approximate surface area is 108 Å². The molecule has 1 heterocycles. The molecule has 1 aliphatic heterocycles. The van der Waals surface area contributed by atoms with Crippen molar-refractivity contribution in [3.8, 4) is 5.75 Å². The number of hydrogen-bond donors (Lipinski definition) is 0. The highest BCUT2D eigenvalue weighted by atomic mass is 19.1. The number of methoxy groups -OCH3 is 1. The molecule has 0 amide bonds. The standard InChI is InChI=1S/C14H21FN2O/c1-16-8-6-12(7-9-16)17(2)13-10-11(15)4-5-14(13)18-3/h4-5,10,12H,6-9H2,1-3H3. The molecule has 3 nitrogen and oxygen atoms in total. The van der Waals surface area contributed by atoms with Crippen LogP contribution in [0.2, 0.25) is 0 Å². The van der Waals surface area contributed by atoms with Crippen LogP contribution in [-0.2, 0) is 0 Å². The van der Waals surface area contributed by atoms with Gasteiger partial charge in [-0.05, 0) is 45.1 Å². The number of nitrogens with zero attached hydrogens (tertiary/aromatic N) is 2. The van der Waals surface area contributed by atoms with Crippen LogP contribution in [0.25, 0.3) is 0 Å². The molecule has 0 atom stereocenters. The first-order chi connectivity index (χ1) is 8.61. The Bertz CT molecular complexity index is 403. The van der Waals surface area contributed by atoms with Gasteiger partial charge in [0.25, 0.3) is 0 Å². The fraction of sp³-hybridized carbons (Fsp3) is 0.571. The van der Waals surface area contributed by atoms with Gasteiger partial charge in [0.2, 0.25) is 0 Å². The first kappa shape index (κ1) is 13.1. The maximum atomic E-state index is 13.4. The third-order valence-electron chi connectivity index (χ3n) is 3.76. The molecule has 0 saturated carbocycles. The third-order valence-corrected chi connectivity index (χ3v) is 3.76. The van der Waals surface area contributed by atoms with Crippen LogP contribution in [0.4, 0.5) is 10.1 Å². The number of anilines is 1. The molecular formula is C14H21FN2O. The van der Waals surface area contributed by atoms with Crippen LogP contribution in [0.1, 0.15) is 12.8 Å². The fourth-order valence-electron chi connectivity index (χ4n) is 2.52. The lowest BCUT2D eigenvalue weighted by molar-refractivity contribution is 0.252. The number of ether oxygens (including phenoxy) is 1. The van der Waals surface area contributed by atoms with E-state index in [9.17, 15) is 4.39 Å². The van der Waals surface area contributed by atoms with Gasteiger partial charge in [-0.15, -0.1) is 0 Å². The predicted molar refractivity (Wildman–Crippen MR) is 71.9 cm³/mol.